The monoisotopic (exact) mass is 694 g/mol. The van der Waals surface area contributed by atoms with E-state index in [2.05, 4.69) is 69.4 Å². The summed E-state index contributed by atoms with van der Waals surface area (Å²) >= 11 is 4.59. The summed E-state index contributed by atoms with van der Waals surface area (Å²) in [4.78, 5) is 0. The fourth-order valence-electron chi connectivity index (χ4n) is 3.52. The largest absolute Gasteiger partial charge is 0.490 e. The summed E-state index contributed by atoms with van der Waals surface area (Å²) < 4.78 is 36.7. The molecule has 34 heavy (non-hydrogen) atoms. The highest BCUT2D eigenvalue weighted by molar-refractivity contribution is 14.1. The maximum absolute atomic E-state index is 6.24. The molecule has 0 N–H and O–H groups in total. The maximum Gasteiger partial charge on any atom is 0.135 e. The summed E-state index contributed by atoms with van der Waals surface area (Å²) in [5.41, 5.74) is 0. The molecule has 0 amide bonds. The predicted octanol–water partition coefficient (Wildman–Crippen LogP) is 5.69. The lowest BCUT2D eigenvalue weighted by Crippen LogP contribution is -2.12. The van der Waals surface area contributed by atoms with Crippen LogP contribution < -0.4 is 9.47 Å². The minimum Gasteiger partial charge on any atom is -0.490 e. The Hall–Kier alpha value is -0.920. The second-order valence-corrected chi connectivity index (χ2v) is 9.43. The lowest BCUT2D eigenvalue weighted by molar-refractivity contribution is 0.0418. The van der Waals surface area contributed by atoms with Gasteiger partial charge in [-0.2, -0.15) is 0 Å². The van der Waals surface area contributed by atoms with Crippen LogP contribution in [0.15, 0.2) is 48.5 Å². The van der Waals surface area contributed by atoms with Crippen molar-refractivity contribution in [1.82, 2.24) is 0 Å². The van der Waals surface area contributed by atoms with Crippen molar-refractivity contribution in [2.45, 2.75) is 0 Å². The maximum atomic E-state index is 6.24. The van der Waals surface area contributed by atoms with Crippen LogP contribution in [0.2, 0.25) is 0 Å². The van der Waals surface area contributed by atoms with Crippen molar-refractivity contribution < 1.29 is 28.4 Å². The number of hydrogen-bond donors (Lipinski definition) is 0. The Labute approximate surface area is 228 Å². The normalized spacial score (nSPS) is 11.4. The lowest BCUT2D eigenvalue weighted by atomic mass is 10.0. The van der Waals surface area contributed by atoms with Crippen LogP contribution in [0.5, 0.6) is 11.5 Å². The highest BCUT2D eigenvalue weighted by atomic mass is 127. The standard InChI is InChI=1S/C26H32I2O6/c27-9-11-29-13-15-31-17-19-33-25-21-5-1-2-6-22(21)26(24-8-4-3-7-23(24)25)34-20-18-32-16-14-30-12-10-28/h1-8H,9-20H2. The van der Waals surface area contributed by atoms with E-state index in [9.17, 15) is 0 Å². The fraction of sp³-hybridized carbons (Fsp3) is 0.462. The first-order chi connectivity index (χ1) is 16.9. The van der Waals surface area contributed by atoms with E-state index in [1.54, 1.807) is 0 Å². The van der Waals surface area contributed by atoms with E-state index >= 15 is 0 Å². The Morgan fingerprint density at radius 3 is 1.03 bits per heavy atom. The molecule has 3 aromatic carbocycles. The first-order valence-corrected chi connectivity index (χ1v) is 14.5. The SMILES string of the molecule is ICCOCCOCCOc1c2ccccc2c(OCCOCCOCCI)c2ccccc12. The van der Waals surface area contributed by atoms with E-state index in [-0.39, 0.29) is 0 Å². The Morgan fingerprint density at radius 2 is 0.706 bits per heavy atom. The zero-order valence-electron chi connectivity index (χ0n) is 19.3. The molecule has 0 spiro atoms. The Morgan fingerprint density at radius 1 is 0.412 bits per heavy atom. The van der Waals surface area contributed by atoms with E-state index in [0.29, 0.717) is 52.9 Å². The minimum atomic E-state index is 0.466. The molecule has 0 fully saturated rings. The molecule has 3 rings (SSSR count). The Bertz CT molecular complexity index is 849. The van der Waals surface area contributed by atoms with Gasteiger partial charge in [0.15, 0.2) is 0 Å². The second-order valence-electron chi connectivity index (χ2n) is 7.27. The van der Waals surface area contributed by atoms with Gasteiger partial charge in [0.1, 0.15) is 24.7 Å². The van der Waals surface area contributed by atoms with Crippen LogP contribution in [0.4, 0.5) is 0 Å². The number of ether oxygens (including phenoxy) is 6. The van der Waals surface area contributed by atoms with Crippen molar-refractivity contribution in [1.29, 1.82) is 0 Å². The van der Waals surface area contributed by atoms with Gasteiger partial charge in [-0.15, -0.1) is 0 Å². The molecular formula is C26H32I2O6. The van der Waals surface area contributed by atoms with Crippen molar-refractivity contribution >= 4 is 66.7 Å². The third kappa shape index (κ3) is 8.63. The van der Waals surface area contributed by atoms with Gasteiger partial charge < -0.3 is 28.4 Å². The van der Waals surface area contributed by atoms with Gasteiger partial charge in [-0.1, -0.05) is 93.7 Å². The molecular weight excluding hydrogens is 662 g/mol. The third-order valence-electron chi connectivity index (χ3n) is 4.97. The quantitative estimate of drug-likeness (QED) is 0.0740. The molecule has 0 aliphatic rings. The summed E-state index contributed by atoms with van der Waals surface area (Å²) in [6.07, 6.45) is 0. The van der Waals surface area contributed by atoms with Crippen molar-refractivity contribution in [3.8, 4) is 11.5 Å². The van der Waals surface area contributed by atoms with Gasteiger partial charge >= 0.3 is 0 Å². The number of hydrogen-bond acceptors (Lipinski definition) is 6. The molecule has 0 aromatic heterocycles. The number of halogens is 2. The highest BCUT2D eigenvalue weighted by Crippen LogP contribution is 2.42. The van der Waals surface area contributed by atoms with Gasteiger partial charge in [0.05, 0.1) is 52.9 Å². The summed E-state index contributed by atoms with van der Waals surface area (Å²) in [5.74, 6) is 1.71. The van der Waals surface area contributed by atoms with Crippen LogP contribution in [0, 0.1) is 0 Å². The summed E-state index contributed by atoms with van der Waals surface area (Å²) in [7, 11) is 0. The first kappa shape index (κ1) is 27.7. The van der Waals surface area contributed by atoms with E-state index in [1.165, 1.54) is 0 Å². The molecule has 186 valence electrons. The number of fused-ring (bicyclic) bond motifs is 2. The van der Waals surface area contributed by atoms with Crippen LogP contribution >= 0.6 is 45.2 Å². The van der Waals surface area contributed by atoms with Crippen molar-refractivity contribution in [3.05, 3.63) is 48.5 Å². The minimum absolute atomic E-state index is 0.466. The first-order valence-electron chi connectivity index (χ1n) is 11.5. The summed E-state index contributed by atoms with van der Waals surface area (Å²) in [6, 6.07) is 16.4. The molecule has 0 radical (unpaired) electrons. The molecule has 0 aliphatic heterocycles. The average molecular weight is 694 g/mol. The van der Waals surface area contributed by atoms with E-state index in [4.69, 9.17) is 28.4 Å². The smallest absolute Gasteiger partial charge is 0.135 e. The second kappa shape index (κ2) is 16.7. The van der Waals surface area contributed by atoms with E-state index < -0.39 is 0 Å². The molecule has 0 unspecified atom stereocenters. The topological polar surface area (TPSA) is 55.4 Å². The van der Waals surface area contributed by atoms with E-state index in [1.807, 2.05) is 24.3 Å². The molecule has 8 heteroatoms. The molecule has 3 aromatic rings. The van der Waals surface area contributed by atoms with Crippen molar-refractivity contribution in [2.24, 2.45) is 0 Å². The lowest BCUT2D eigenvalue weighted by Gasteiger charge is -2.18. The van der Waals surface area contributed by atoms with E-state index in [0.717, 1.165) is 55.1 Å². The third-order valence-corrected chi connectivity index (χ3v) is 5.85. The van der Waals surface area contributed by atoms with Crippen LogP contribution in [-0.2, 0) is 18.9 Å². The molecule has 0 saturated carbocycles. The molecule has 0 heterocycles. The Kier molecular flexibility index (Phi) is 13.6. The molecule has 0 bridgehead atoms. The molecule has 0 atom stereocenters. The zero-order valence-corrected chi connectivity index (χ0v) is 23.6. The van der Waals surface area contributed by atoms with Gasteiger partial charge in [-0.25, -0.2) is 0 Å². The zero-order chi connectivity index (χ0) is 23.8. The molecule has 6 nitrogen and oxygen atoms in total. The highest BCUT2D eigenvalue weighted by Gasteiger charge is 2.15. The number of alkyl halides is 2. The van der Waals surface area contributed by atoms with Gasteiger partial charge in [-0.3, -0.25) is 0 Å². The van der Waals surface area contributed by atoms with Gasteiger partial charge in [-0.05, 0) is 0 Å². The predicted molar refractivity (Wildman–Crippen MR) is 153 cm³/mol. The average Bonchev–Trinajstić information content (AvgIpc) is 2.87. The van der Waals surface area contributed by atoms with Gasteiger partial charge in [0, 0.05) is 30.4 Å². The molecule has 0 aliphatic carbocycles. The van der Waals surface area contributed by atoms with Gasteiger partial charge in [0.25, 0.3) is 0 Å². The number of rotatable bonds is 18. The summed E-state index contributed by atoms with van der Waals surface area (Å²) in [6.45, 7) is 5.81. The van der Waals surface area contributed by atoms with Crippen LogP contribution in [0.25, 0.3) is 21.5 Å². The molecule has 0 saturated heterocycles. The Balaban J connectivity index is 1.65. The fourth-order valence-corrected chi connectivity index (χ4v) is 4.14. The summed E-state index contributed by atoms with van der Waals surface area (Å²) in [5, 5.41) is 4.09. The van der Waals surface area contributed by atoms with Crippen molar-refractivity contribution in [2.75, 3.05) is 74.9 Å². The van der Waals surface area contributed by atoms with Crippen LogP contribution in [0.3, 0.4) is 0 Å². The van der Waals surface area contributed by atoms with Gasteiger partial charge in [0.2, 0.25) is 0 Å². The van der Waals surface area contributed by atoms with Crippen LogP contribution in [0.1, 0.15) is 0 Å². The van der Waals surface area contributed by atoms with Crippen molar-refractivity contribution in [3.63, 3.8) is 0 Å². The number of benzene rings is 3. The van der Waals surface area contributed by atoms with Crippen LogP contribution in [-0.4, -0.2) is 74.9 Å².